The Morgan fingerprint density at radius 2 is 2.08 bits per heavy atom. The van der Waals surface area contributed by atoms with E-state index in [1.54, 1.807) is 24.5 Å². The maximum atomic E-state index is 11.1. The predicted octanol–water partition coefficient (Wildman–Crippen LogP) is 4.73. The minimum atomic E-state index is -0.110. The molecule has 0 bridgehead atoms. The molecule has 2 aromatic heterocycles. The molecule has 3 rings (SSSR count). The third-order valence-corrected chi connectivity index (χ3v) is 4.46. The third kappa shape index (κ3) is 3.84. The molecule has 25 heavy (non-hydrogen) atoms. The van der Waals surface area contributed by atoms with Gasteiger partial charge in [0.1, 0.15) is 16.8 Å². The van der Waals surface area contributed by atoms with Crippen molar-refractivity contribution in [3.63, 3.8) is 0 Å². The van der Waals surface area contributed by atoms with Crippen LogP contribution in [0.1, 0.15) is 22.6 Å². The molecule has 0 spiro atoms. The van der Waals surface area contributed by atoms with Crippen molar-refractivity contribution in [2.45, 2.75) is 13.8 Å². The number of nitriles is 1. The number of hydrogen-bond acceptors (Lipinski definition) is 5. The Labute approximate surface area is 149 Å². The zero-order chi connectivity index (χ0) is 17.8. The molecule has 0 atom stereocenters. The number of furan rings is 1. The van der Waals surface area contributed by atoms with Gasteiger partial charge in [0.25, 0.3) is 0 Å². The molecule has 1 N–H and O–H groups in total. The van der Waals surface area contributed by atoms with Gasteiger partial charge in [-0.05, 0) is 31.2 Å². The van der Waals surface area contributed by atoms with Crippen molar-refractivity contribution in [2.75, 3.05) is 5.32 Å². The monoisotopic (exact) mass is 349 g/mol. The lowest BCUT2D eigenvalue weighted by atomic mass is 10.1. The van der Waals surface area contributed by atoms with Crippen molar-refractivity contribution in [1.29, 1.82) is 5.26 Å². The van der Waals surface area contributed by atoms with Crippen molar-refractivity contribution < 1.29 is 9.21 Å². The van der Waals surface area contributed by atoms with Gasteiger partial charge in [-0.25, -0.2) is 4.98 Å². The second-order valence-corrected chi connectivity index (χ2v) is 6.57. The number of aryl methyl sites for hydroxylation is 1. The quantitative estimate of drug-likeness (QED) is 0.690. The number of carbonyl (C=O) groups excluding carboxylic acids is 1. The van der Waals surface area contributed by atoms with Crippen LogP contribution in [0.3, 0.4) is 0 Å². The second-order valence-electron chi connectivity index (χ2n) is 5.37. The topological polar surface area (TPSA) is 78.9 Å². The molecule has 0 radical (unpaired) electrons. The van der Waals surface area contributed by atoms with E-state index in [1.165, 1.54) is 18.3 Å². The predicted molar refractivity (Wildman–Crippen MR) is 98.8 cm³/mol. The largest absolute Gasteiger partial charge is 0.465 e. The molecular formula is C19H15N3O2S. The second kappa shape index (κ2) is 7.16. The van der Waals surface area contributed by atoms with Crippen molar-refractivity contribution >= 4 is 34.6 Å². The lowest BCUT2D eigenvalue weighted by Gasteiger charge is -2.03. The van der Waals surface area contributed by atoms with Crippen LogP contribution in [0.5, 0.6) is 0 Å². The van der Waals surface area contributed by atoms with Crippen LogP contribution < -0.4 is 5.32 Å². The minimum absolute atomic E-state index is 0.110. The van der Waals surface area contributed by atoms with Crippen molar-refractivity contribution in [3.8, 4) is 17.3 Å². The normalized spacial score (nSPS) is 11.2. The number of hydrogen-bond donors (Lipinski definition) is 1. The molecule has 2 heterocycles. The lowest BCUT2D eigenvalue weighted by molar-refractivity contribution is -0.114. The average Bonchev–Trinajstić information content (AvgIpc) is 3.22. The molecule has 1 amide bonds. The zero-order valence-electron chi connectivity index (χ0n) is 13.7. The van der Waals surface area contributed by atoms with Gasteiger partial charge in [-0.3, -0.25) is 4.79 Å². The van der Waals surface area contributed by atoms with Crippen molar-refractivity contribution in [1.82, 2.24) is 4.98 Å². The van der Waals surface area contributed by atoms with Crippen LogP contribution in [-0.4, -0.2) is 10.9 Å². The number of anilines is 1. The molecule has 124 valence electrons. The average molecular weight is 349 g/mol. The molecule has 0 fully saturated rings. The van der Waals surface area contributed by atoms with Gasteiger partial charge in [0.15, 0.2) is 0 Å². The van der Waals surface area contributed by atoms with Gasteiger partial charge >= 0.3 is 0 Å². The fourth-order valence-electron chi connectivity index (χ4n) is 2.35. The number of allylic oxidation sites excluding steroid dienone is 1. The molecule has 0 saturated heterocycles. The molecule has 3 aromatic rings. The Morgan fingerprint density at radius 1 is 1.32 bits per heavy atom. The first-order valence-electron chi connectivity index (χ1n) is 7.58. The highest BCUT2D eigenvalue weighted by Crippen LogP contribution is 2.32. The van der Waals surface area contributed by atoms with Gasteiger partial charge in [0.2, 0.25) is 5.91 Å². The Kier molecular flexibility index (Phi) is 4.78. The Balaban J connectivity index is 1.92. The van der Waals surface area contributed by atoms with Gasteiger partial charge < -0.3 is 9.73 Å². The fraction of sp³-hybridized carbons (Fsp3) is 0.105. The Hall–Kier alpha value is -3.17. The van der Waals surface area contributed by atoms with Gasteiger partial charge in [-0.15, -0.1) is 11.3 Å². The highest BCUT2D eigenvalue weighted by molar-refractivity contribution is 7.13. The lowest BCUT2D eigenvalue weighted by Crippen LogP contribution is -2.05. The molecule has 1 aromatic carbocycles. The third-order valence-electron chi connectivity index (χ3n) is 3.46. The zero-order valence-corrected chi connectivity index (χ0v) is 14.6. The number of aromatic nitrogens is 1. The van der Waals surface area contributed by atoms with E-state index in [-0.39, 0.29) is 5.91 Å². The van der Waals surface area contributed by atoms with E-state index in [0.29, 0.717) is 16.3 Å². The summed E-state index contributed by atoms with van der Waals surface area (Å²) in [6.45, 7) is 3.44. The molecule has 5 nitrogen and oxygen atoms in total. The van der Waals surface area contributed by atoms with E-state index in [4.69, 9.17) is 4.42 Å². The summed E-state index contributed by atoms with van der Waals surface area (Å²) in [6.07, 6.45) is 3.25. The number of rotatable bonds is 4. The van der Waals surface area contributed by atoms with Gasteiger partial charge in [0.05, 0.1) is 17.5 Å². The van der Waals surface area contributed by atoms with Crippen LogP contribution >= 0.6 is 11.3 Å². The van der Waals surface area contributed by atoms with Gasteiger partial charge in [-0.1, -0.05) is 12.1 Å². The number of nitrogens with zero attached hydrogens (tertiary/aromatic N) is 2. The molecular weight excluding hydrogens is 334 g/mol. The first-order valence-corrected chi connectivity index (χ1v) is 8.39. The summed E-state index contributed by atoms with van der Waals surface area (Å²) in [5.74, 6) is 0.507. The summed E-state index contributed by atoms with van der Waals surface area (Å²) in [5.41, 5.74) is 2.96. The highest BCUT2D eigenvalue weighted by atomic mass is 32.1. The van der Waals surface area contributed by atoms with Gasteiger partial charge in [-0.2, -0.15) is 5.26 Å². The minimum Gasteiger partial charge on any atom is -0.465 e. The van der Waals surface area contributed by atoms with E-state index in [9.17, 15) is 10.1 Å². The van der Waals surface area contributed by atoms with Crippen LogP contribution in [0.2, 0.25) is 0 Å². The van der Waals surface area contributed by atoms with Gasteiger partial charge in [0, 0.05) is 29.1 Å². The number of nitrogens with one attached hydrogen (secondary N) is 1. The van der Waals surface area contributed by atoms with Crippen molar-refractivity contribution in [2.24, 2.45) is 0 Å². The molecule has 0 aliphatic carbocycles. The molecule has 6 heteroatoms. The molecule has 0 unspecified atom stereocenters. The standard InChI is InChI=1S/C19H15N3O2S/c1-12-18(14-5-7-16(8-6-14)21-13(2)23)22-19(25-12)15(11-20)10-17-4-3-9-24-17/h3-10H,1-2H3,(H,21,23)/b15-10+. The van der Waals surface area contributed by atoms with E-state index in [2.05, 4.69) is 16.4 Å². The van der Waals surface area contributed by atoms with E-state index < -0.39 is 0 Å². The number of carbonyl (C=O) groups is 1. The molecule has 0 saturated carbocycles. The van der Waals surface area contributed by atoms with E-state index in [0.717, 1.165) is 21.8 Å². The molecule has 0 aliphatic heterocycles. The van der Waals surface area contributed by atoms with Crippen LogP contribution in [0, 0.1) is 18.3 Å². The summed E-state index contributed by atoms with van der Waals surface area (Å²) in [4.78, 5) is 16.7. The summed E-state index contributed by atoms with van der Waals surface area (Å²) >= 11 is 1.47. The smallest absolute Gasteiger partial charge is 0.221 e. The van der Waals surface area contributed by atoms with Crippen LogP contribution in [0.4, 0.5) is 5.69 Å². The Bertz CT molecular complexity index is 961. The summed E-state index contributed by atoms with van der Waals surface area (Å²) < 4.78 is 5.27. The van der Waals surface area contributed by atoms with E-state index >= 15 is 0 Å². The van der Waals surface area contributed by atoms with E-state index in [1.807, 2.05) is 31.2 Å². The van der Waals surface area contributed by atoms with Crippen LogP contribution in [0.25, 0.3) is 22.9 Å². The number of thiazole rings is 1. The summed E-state index contributed by atoms with van der Waals surface area (Å²) in [7, 11) is 0. The SMILES string of the molecule is CC(=O)Nc1ccc(-c2nc(/C(C#N)=C/c3ccco3)sc2C)cc1. The van der Waals surface area contributed by atoms with Crippen LogP contribution in [-0.2, 0) is 4.79 Å². The van der Waals surface area contributed by atoms with Crippen LogP contribution in [0.15, 0.2) is 47.1 Å². The summed E-state index contributed by atoms with van der Waals surface area (Å²) in [6, 6.07) is 13.2. The highest BCUT2D eigenvalue weighted by Gasteiger charge is 2.13. The maximum Gasteiger partial charge on any atom is 0.221 e. The number of amides is 1. The maximum absolute atomic E-state index is 11.1. The molecule has 0 aliphatic rings. The fourth-order valence-corrected chi connectivity index (χ4v) is 3.25. The first-order chi connectivity index (χ1) is 12.1. The number of benzene rings is 1. The first kappa shape index (κ1) is 16.7. The van der Waals surface area contributed by atoms with Crippen molar-refractivity contribution in [3.05, 3.63) is 58.3 Å². The summed E-state index contributed by atoms with van der Waals surface area (Å²) in [5, 5.41) is 12.8. The Morgan fingerprint density at radius 3 is 2.68 bits per heavy atom.